The van der Waals surface area contributed by atoms with E-state index in [-0.39, 0.29) is 6.04 Å². The summed E-state index contributed by atoms with van der Waals surface area (Å²) in [5.41, 5.74) is 7.91. The van der Waals surface area contributed by atoms with Gasteiger partial charge >= 0.3 is 0 Å². The highest BCUT2D eigenvalue weighted by Crippen LogP contribution is 2.49. The van der Waals surface area contributed by atoms with Gasteiger partial charge in [-0.1, -0.05) is 83.9 Å². The quantitative estimate of drug-likeness (QED) is 0.190. The fraction of sp³-hybridized carbons (Fsp3) is 0.206. The molecule has 0 bridgehead atoms. The van der Waals surface area contributed by atoms with Gasteiger partial charge in [0.1, 0.15) is 6.61 Å². The molecule has 6 rings (SSSR count). The van der Waals surface area contributed by atoms with Crippen LogP contribution < -0.4 is 14.8 Å². The molecule has 5 heteroatoms. The van der Waals surface area contributed by atoms with E-state index in [0.717, 1.165) is 23.2 Å². The number of methoxy groups -OCH3 is 1. The van der Waals surface area contributed by atoms with Gasteiger partial charge in [0.05, 0.1) is 23.9 Å². The minimum atomic E-state index is 0.272. The van der Waals surface area contributed by atoms with Crippen LogP contribution in [0.4, 0.5) is 11.4 Å². The molecule has 1 aliphatic carbocycles. The number of halogens is 1. The Kier molecular flexibility index (Phi) is 7.12. The van der Waals surface area contributed by atoms with Gasteiger partial charge < -0.3 is 14.8 Å². The summed E-state index contributed by atoms with van der Waals surface area (Å²) in [4.78, 5) is 4.70. The lowest BCUT2D eigenvalue weighted by molar-refractivity contribution is 0.284. The molecule has 4 aromatic carbocycles. The predicted octanol–water partition coefficient (Wildman–Crippen LogP) is 8.81. The minimum absolute atomic E-state index is 0.272. The van der Waals surface area contributed by atoms with Crippen LogP contribution in [0.15, 0.2) is 102 Å². The van der Waals surface area contributed by atoms with Gasteiger partial charge in [0.15, 0.2) is 11.5 Å². The number of ether oxygens (including phenoxy) is 2. The number of aryl methyl sites for hydroxylation is 1. The first-order valence-corrected chi connectivity index (χ1v) is 13.7. The molecule has 2 aliphatic rings. The van der Waals surface area contributed by atoms with Crippen LogP contribution in [0.3, 0.4) is 0 Å². The Labute approximate surface area is 235 Å². The van der Waals surface area contributed by atoms with Crippen LogP contribution in [0.5, 0.6) is 11.5 Å². The summed E-state index contributed by atoms with van der Waals surface area (Å²) in [7, 11) is 1.62. The van der Waals surface area contributed by atoms with Crippen LogP contribution in [-0.4, -0.2) is 13.3 Å². The van der Waals surface area contributed by atoms with Gasteiger partial charge in [-0.2, -0.15) is 0 Å². The number of anilines is 1. The van der Waals surface area contributed by atoms with Crippen molar-refractivity contribution in [1.29, 1.82) is 0 Å². The second-order valence-corrected chi connectivity index (χ2v) is 10.6. The number of fused-ring (bicyclic) bond motifs is 3. The van der Waals surface area contributed by atoms with Gasteiger partial charge in [-0.25, -0.2) is 0 Å². The average Bonchev–Trinajstić information content (AvgIpc) is 3.46. The highest BCUT2D eigenvalue weighted by Gasteiger charge is 2.37. The maximum atomic E-state index is 6.59. The molecule has 196 valence electrons. The smallest absolute Gasteiger partial charge is 0.180 e. The first kappa shape index (κ1) is 25.3. The van der Waals surface area contributed by atoms with Gasteiger partial charge in [-0.05, 0) is 71.8 Å². The zero-order valence-electron chi connectivity index (χ0n) is 22.1. The third-order valence-corrected chi connectivity index (χ3v) is 7.92. The fourth-order valence-corrected chi connectivity index (χ4v) is 5.86. The molecular formula is C34H31ClN2O2. The topological polar surface area (TPSA) is 42.8 Å². The number of aliphatic imine (C=N–C) groups is 1. The van der Waals surface area contributed by atoms with Gasteiger partial charge in [-0.3, -0.25) is 4.99 Å². The van der Waals surface area contributed by atoms with E-state index in [2.05, 4.69) is 85.1 Å². The first-order valence-electron chi connectivity index (χ1n) is 13.3. The van der Waals surface area contributed by atoms with Crippen LogP contribution in [-0.2, 0) is 6.61 Å². The van der Waals surface area contributed by atoms with Crippen molar-refractivity contribution in [1.82, 2.24) is 0 Å². The maximum Gasteiger partial charge on any atom is 0.180 e. The van der Waals surface area contributed by atoms with Crippen molar-refractivity contribution in [3.63, 3.8) is 0 Å². The molecule has 1 heterocycles. The van der Waals surface area contributed by atoms with Crippen LogP contribution in [0.1, 0.15) is 46.2 Å². The Hall–Kier alpha value is -4.02. The third kappa shape index (κ3) is 5.30. The number of allylic oxidation sites excluding steroid dienone is 2. The molecule has 0 radical (unpaired) electrons. The Morgan fingerprint density at radius 3 is 2.59 bits per heavy atom. The summed E-state index contributed by atoms with van der Waals surface area (Å²) in [6.45, 7) is 2.48. The van der Waals surface area contributed by atoms with Crippen LogP contribution >= 0.6 is 11.6 Å². The molecule has 0 spiro atoms. The molecule has 0 saturated heterocycles. The Bertz CT molecular complexity index is 1530. The number of rotatable bonds is 7. The summed E-state index contributed by atoms with van der Waals surface area (Å²) in [6, 6.07) is 29.4. The van der Waals surface area contributed by atoms with E-state index in [4.69, 9.17) is 26.1 Å². The molecule has 4 aromatic rings. The molecule has 0 unspecified atom stereocenters. The molecule has 3 atom stereocenters. The summed E-state index contributed by atoms with van der Waals surface area (Å²) in [5, 5.41) is 4.28. The minimum Gasteiger partial charge on any atom is -0.493 e. The number of nitrogens with zero attached hydrogens (tertiary/aromatic N) is 1. The highest BCUT2D eigenvalue weighted by molar-refractivity contribution is 6.32. The second kappa shape index (κ2) is 11.0. The lowest BCUT2D eigenvalue weighted by Gasteiger charge is -2.37. The molecule has 4 nitrogen and oxygen atoms in total. The number of nitrogens with one attached hydrogen (secondary N) is 1. The Morgan fingerprint density at radius 2 is 1.79 bits per heavy atom. The van der Waals surface area contributed by atoms with Crippen molar-refractivity contribution >= 4 is 29.2 Å². The Morgan fingerprint density at radius 1 is 1.00 bits per heavy atom. The van der Waals surface area contributed by atoms with Crippen molar-refractivity contribution in [3.8, 4) is 11.5 Å². The van der Waals surface area contributed by atoms with Crippen molar-refractivity contribution in [2.75, 3.05) is 12.4 Å². The molecule has 1 aliphatic heterocycles. The van der Waals surface area contributed by atoms with Gasteiger partial charge in [0, 0.05) is 17.8 Å². The van der Waals surface area contributed by atoms with Crippen molar-refractivity contribution in [3.05, 3.63) is 130 Å². The zero-order chi connectivity index (χ0) is 26.8. The van der Waals surface area contributed by atoms with E-state index in [1.165, 1.54) is 22.4 Å². The van der Waals surface area contributed by atoms with Crippen molar-refractivity contribution in [2.24, 2.45) is 10.9 Å². The largest absolute Gasteiger partial charge is 0.493 e. The molecule has 1 N–H and O–H groups in total. The lowest BCUT2D eigenvalue weighted by Crippen LogP contribution is -2.28. The zero-order valence-corrected chi connectivity index (χ0v) is 22.9. The fourth-order valence-electron chi connectivity index (χ4n) is 5.58. The van der Waals surface area contributed by atoms with Gasteiger partial charge in [0.25, 0.3) is 0 Å². The normalized spacial score (nSPS) is 19.4. The van der Waals surface area contributed by atoms with E-state index < -0.39 is 0 Å². The van der Waals surface area contributed by atoms with E-state index in [0.29, 0.717) is 35.0 Å². The summed E-state index contributed by atoms with van der Waals surface area (Å²) in [5.74, 6) is 2.10. The van der Waals surface area contributed by atoms with E-state index in [9.17, 15) is 0 Å². The number of hydrogen-bond donors (Lipinski definition) is 1. The number of benzene rings is 4. The first-order chi connectivity index (χ1) is 19.1. The molecule has 0 aromatic heterocycles. The predicted molar refractivity (Wildman–Crippen MR) is 160 cm³/mol. The van der Waals surface area contributed by atoms with Gasteiger partial charge in [-0.15, -0.1) is 0 Å². The Balaban J connectivity index is 1.16. The summed E-state index contributed by atoms with van der Waals surface area (Å²) < 4.78 is 11.6. The molecule has 39 heavy (non-hydrogen) atoms. The average molecular weight is 535 g/mol. The maximum absolute atomic E-state index is 6.59. The third-order valence-electron chi connectivity index (χ3n) is 7.64. The van der Waals surface area contributed by atoms with Gasteiger partial charge in [0.2, 0.25) is 0 Å². The highest BCUT2D eigenvalue weighted by atomic mass is 35.5. The molecule has 0 fully saturated rings. The SMILES string of the molecule is COc1cc(C=Nc2ccc([C@@H]3Nc4ccccc4[C@H]4C=CC[C@H]43)cc2)cc(Cl)c1OCc1ccc(C)cc1. The lowest BCUT2D eigenvalue weighted by atomic mass is 9.77. The van der Waals surface area contributed by atoms with Crippen LogP contribution in [0.2, 0.25) is 5.02 Å². The van der Waals surface area contributed by atoms with Crippen molar-refractivity contribution < 1.29 is 9.47 Å². The molecule has 0 saturated carbocycles. The van der Waals surface area contributed by atoms with E-state index in [1.54, 1.807) is 13.3 Å². The number of para-hydroxylation sites is 1. The molecule has 0 amide bonds. The van der Waals surface area contributed by atoms with E-state index >= 15 is 0 Å². The monoisotopic (exact) mass is 534 g/mol. The molecular weight excluding hydrogens is 504 g/mol. The van der Waals surface area contributed by atoms with Crippen LogP contribution in [0, 0.1) is 12.8 Å². The number of hydrogen-bond acceptors (Lipinski definition) is 4. The standard InChI is InChI=1S/C34H31ClN2O2/c1-22-10-12-23(13-11-22)21-39-34-30(35)18-24(19-32(34)38-2)20-36-26-16-14-25(15-17-26)33-29-8-5-7-27(29)28-6-3-4-9-31(28)37-33/h3-7,9-20,27,29,33,37H,8,21H2,1-2H3/t27-,29-,33+/m1/s1. The summed E-state index contributed by atoms with van der Waals surface area (Å²) in [6.07, 6.45) is 7.58. The second-order valence-electron chi connectivity index (χ2n) is 10.2. The summed E-state index contributed by atoms with van der Waals surface area (Å²) >= 11 is 6.59. The van der Waals surface area contributed by atoms with Crippen LogP contribution in [0.25, 0.3) is 0 Å². The van der Waals surface area contributed by atoms with Crippen molar-refractivity contribution in [2.45, 2.75) is 31.9 Å². The van der Waals surface area contributed by atoms with E-state index in [1.807, 2.05) is 24.3 Å².